The van der Waals surface area contributed by atoms with Gasteiger partial charge in [0.05, 0.1) is 0 Å². The number of aromatic nitrogens is 1. The second-order valence-electron chi connectivity index (χ2n) is 5.32. The topological polar surface area (TPSA) is 30.9 Å². The molecule has 0 spiro atoms. The Hall–Kier alpha value is -1.28. The van der Waals surface area contributed by atoms with E-state index in [1.807, 2.05) is 0 Å². The zero-order valence-electron chi connectivity index (χ0n) is 10.4. The third-order valence-electron chi connectivity index (χ3n) is 4.14. The third kappa shape index (κ3) is 1.87. The van der Waals surface area contributed by atoms with E-state index in [1.54, 1.807) is 0 Å². The number of nitrogens with zero attached hydrogens (tertiary/aromatic N) is 1. The van der Waals surface area contributed by atoms with E-state index in [0.717, 1.165) is 0 Å². The Labute approximate surface area is 102 Å². The van der Waals surface area contributed by atoms with Crippen molar-refractivity contribution in [3.05, 3.63) is 36.0 Å². The van der Waals surface area contributed by atoms with Crippen molar-refractivity contribution in [3.8, 4) is 0 Å². The van der Waals surface area contributed by atoms with Gasteiger partial charge in [-0.25, -0.2) is 0 Å². The first-order chi connectivity index (χ1) is 8.25. The van der Waals surface area contributed by atoms with Gasteiger partial charge in [-0.15, -0.1) is 0 Å². The van der Waals surface area contributed by atoms with Gasteiger partial charge in [-0.1, -0.05) is 18.2 Å². The van der Waals surface area contributed by atoms with E-state index < -0.39 is 0 Å². The molecule has 1 aromatic carbocycles. The lowest BCUT2D eigenvalue weighted by atomic mass is 9.82. The highest BCUT2D eigenvalue weighted by atomic mass is 14.9. The van der Waals surface area contributed by atoms with Gasteiger partial charge in [0.15, 0.2) is 0 Å². The molecule has 2 N–H and O–H groups in total. The van der Waals surface area contributed by atoms with Gasteiger partial charge in [-0.05, 0) is 43.2 Å². The molecule has 17 heavy (non-hydrogen) atoms. The van der Waals surface area contributed by atoms with Crippen LogP contribution in [0.1, 0.15) is 37.2 Å². The van der Waals surface area contributed by atoms with E-state index >= 15 is 0 Å². The smallest absolute Gasteiger partial charge is 0.0480 e. The van der Waals surface area contributed by atoms with Crippen molar-refractivity contribution >= 4 is 10.9 Å². The number of benzene rings is 1. The Kier molecular flexibility index (Phi) is 2.67. The van der Waals surface area contributed by atoms with Crippen LogP contribution in [0.2, 0.25) is 0 Å². The van der Waals surface area contributed by atoms with Crippen molar-refractivity contribution in [1.82, 2.24) is 4.57 Å². The van der Waals surface area contributed by atoms with Crippen LogP contribution in [0.25, 0.3) is 10.9 Å². The van der Waals surface area contributed by atoms with Crippen LogP contribution in [0.15, 0.2) is 30.5 Å². The van der Waals surface area contributed by atoms with Crippen molar-refractivity contribution in [2.45, 2.75) is 37.6 Å². The van der Waals surface area contributed by atoms with Crippen LogP contribution in [0.5, 0.6) is 0 Å². The highest BCUT2D eigenvalue weighted by molar-refractivity contribution is 5.84. The summed E-state index contributed by atoms with van der Waals surface area (Å²) in [7, 11) is 2.14. The fraction of sp³-hybridized carbons (Fsp3) is 0.467. The molecule has 1 aliphatic rings. The van der Waals surface area contributed by atoms with Crippen LogP contribution >= 0.6 is 0 Å². The summed E-state index contributed by atoms with van der Waals surface area (Å²) in [4.78, 5) is 0. The Balaban J connectivity index is 2.00. The lowest BCUT2D eigenvalue weighted by Gasteiger charge is -2.25. The predicted octanol–water partition coefficient (Wildman–Crippen LogP) is 3.16. The first kappa shape index (κ1) is 10.8. The van der Waals surface area contributed by atoms with E-state index in [-0.39, 0.29) is 0 Å². The molecule has 3 rings (SSSR count). The van der Waals surface area contributed by atoms with Gasteiger partial charge in [0.2, 0.25) is 0 Å². The van der Waals surface area contributed by atoms with Crippen molar-refractivity contribution in [3.63, 3.8) is 0 Å². The maximum Gasteiger partial charge on any atom is 0.0480 e. The number of rotatable bonds is 1. The summed E-state index contributed by atoms with van der Waals surface area (Å²) in [5.74, 6) is 0.709. The summed E-state index contributed by atoms with van der Waals surface area (Å²) in [5.41, 5.74) is 8.86. The number of para-hydroxylation sites is 1. The third-order valence-corrected chi connectivity index (χ3v) is 4.14. The van der Waals surface area contributed by atoms with Gasteiger partial charge < -0.3 is 10.3 Å². The summed E-state index contributed by atoms with van der Waals surface area (Å²) < 4.78 is 2.25. The zero-order valence-corrected chi connectivity index (χ0v) is 10.4. The van der Waals surface area contributed by atoms with E-state index in [2.05, 4.69) is 42.1 Å². The zero-order chi connectivity index (χ0) is 11.8. The van der Waals surface area contributed by atoms with Gasteiger partial charge in [0.25, 0.3) is 0 Å². The molecule has 1 fully saturated rings. The number of fused-ring (bicyclic) bond motifs is 1. The maximum absolute atomic E-state index is 5.99. The summed E-state index contributed by atoms with van der Waals surface area (Å²) in [6.07, 6.45) is 7.15. The molecule has 1 saturated carbocycles. The minimum Gasteiger partial charge on any atom is -0.350 e. The number of nitrogens with two attached hydrogens (primary N) is 1. The molecule has 0 unspecified atom stereocenters. The highest BCUT2D eigenvalue weighted by Crippen LogP contribution is 2.36. The lowest BCUT2D eigenvalue weighted by Crippen LogP contribution is -2.25. The molecule has 1 aromatic heterocycles. The van der Waals surface area contributed by atoms with Crippen LogP contribution in [0.3, 0.4) is 0 Å². The second kappa shape index (κ2) is 4.19. The first-order valence-corrected chi connectivity index (χ1v) is 6.55. The summed E-state index contributed by atoms with van der Waals surface area (Å²) >= 11 is 0. The fourth-order valence-corrected chi connectivity index (χ4v) is 3.13. The molecule has 0 aliphatic heterocycles. The van der Waals surface area contributed by atoms with Crippen LogP contribution in [-0.2, 0) is 7.05 Å². The molecule has 1 heterocycles. The van der Waals surface area contributed by atoms with E-state index in [0.29, 0.717) is 12.0 Å². The average Bonchev–Trinajstić information content (AvgIpc) is 2.69. The second-order valence-corrected chi connectivity index (χ2v) is 5.32. The van der Waals surface area contributed by atoms with Crippen LogP contribution < -0.4 is 5.73 Å². The lowest BCUT2D eigenvalue weighted by molar-refractivity contribution is 0.396. The van der Waals surface area contributed by atoms with Crippen LogP contribution in [-0.4, -0.2) is 10.6 Å². The minimum atomic E-state index is 0.432. The van der Waals surface area contributed by atoms with Gasteiger partial charge in [-0.2, -0.15) is 0 Å². The largest absolute Gasteiger partial charge is 0.350 e. The summed E-state index contributed by atoms with van der Waals surface area (Å²) in [5, 5.41) is 1.43. The summed E-state index contributed by atoms with van der Waals surface area (Å²) in [6, 6.07) is 9.14. The molecule has 0 saturated heterocycles. The van der Waals surface area contributed by atoms with Crippen molar-refractivity contribution < 1.29 is 0 Å². The molecule has 1 aliphatic carbocycles. The van der Waals surface area contributed by atoms with Crippen LogP contribution in [0.4, 0.5) is 0 Å². The Morgan fingerprint density at radius 2 is 1.82 bits per heavy atom. The SMILES string of the molecule is Cn1cc(C2CCC(N)CC2)c2ccccc21. The maximum atomic E-state index is 5.99. The molecule has 90 valence electrons. The standard InChI is InChI=1S/C15H20N2/c1-17-10-14(11-6-8-12(16)9-7-11)13-4-2-3-5-15(13)17/h2-5,10-12H,6-9,16H2,1H3. The number of aryl methyl sites for hydroxylation is 1. The molecular weight excluding hydrogens is 208 g/mol. The van der Waals surface area contributed by atoms with Crippen molar-refractivity contribution in [1.29, 1.82) is 0 Å². The average molecular weight is 228 g/mol. The van der Waals surface area contributed by atoms with E-state index in [1.165, 1.54) is 42.1 Å². The number of hydrogen-bond donors (Lipinski definition) is 1. The normalized spacial score (nSPS) is 25.3. The predicted molar refractivity (Wildman–Crippen MR) is 72.1 cm³/mol. The molecule has 0 radical (unpaired) electrons. The van der Waals surface area contributed by atoms with Gasteiger partial charge in [0, 0.05) is 30.2 Å². The first-order valence-electron chi connectivity index (χ1n) is 6.55. The molecule has 0 amide bonds. The highest BCUT2D eigenvalue weighted by Gasteiger charge is 2.22. The molecular formula is C15H20N2. The van der Waals surface area contributed by atoms with Gasteiger partial charge in [-0.3, -0.25) is 0 Å². The van der Waals surface area contributed by atoms with Gasteiger partial charge in [0.1, 0.15) is 0 Å². The molecule has 2 aromatic rings. The monoisotopic (exact) mass is 228 g/mol. The van der Waals surface area contributed by atoms with Gasteiger partial charge >= 0.3 is 0 Å². The van der Waals surface area contributed by atoms with Crippen molar-refractivity contribution in [2.24, 2.45) is 12.8 Å². The van der Waals surface area contributed by atoms with Crippen molar-refractivity contribution in [2.75, 3.05) is 0 Å². The van der Waals surface area contributed by atoms with Crippen LogP contribution in [0, 0.1) is 0 Å². The molecule has 0 atom stereocenters. The minimum absolute atomic E-state index is 0.432. The summed E-state index contributed by atoms with van der Waals surface area (Å²) in [6.45, 7) is 0. The molecule has 2 nitrogen and oxygen atoms in total. The van der Waals surface area contributed by atoms with E-state index in [9.17, 15) is 0 Å². The molecule has 0 bridgehead atoms. The Morgan fingerprint density at radius 1 is 1.12 bits per heavy atom. The Bertz CT molecular complexity index is 519. The fourth-order valence-electron chi connectivity index (χ4n) is 3.13. The number of hydrogen-bond acceptors (Lipinski definition) is 1. The van der Waals surface area contributed by atoms with E-state index in [4.69, 9.17) is 5.73 Å². The quantitative estimate of drug-likeness (QED) is 0.798. The molecule has 2 heteroatoms. The Morgan fingerprint density at radius 3 is 2.59 bits per heavy atom.